The van der Waals surface area contributed by atoms with Crippen LogP contribution in [0.15, 0.2) is 34.7 Å². The first-order valence-corrected chi connectivity index (χ1v) is 7.10. The summed E-state index contributed by atoms with van der Waals surface area (Å²) >= 11 is 0. The molecule has 108 valence electrons. The highest BCUT2D eigenvalue weighted by molar-refractivity contribution is 5.40. The van der Waals surface area contributed by atoms with Crippen LogP contribution in [0.1, 0.15) is 42.0 Å². The minimum atomic E-state index is 0.0677. The van der Waals surface area contributed by atoms with Gasteiger partial charge in [-0.1, -0.05) is 19.1 Å². The van der Waals surface area contributed by atoms with Gasteiger partial charge in [0.15, 0.2) is 0 Å². The van der Waals surface area contributed by atoms with Gasteiger partial charge in [-0.25, -0.2) is 0 Å². The molecule has 0 aliphatic carbocycles. The van der Waals surface area contributed by atoms with Crippen LogP contribution in [0.2, 0.25) is 0 Å². The Morgan fingerprint density at radius 3 is 2.60 bits per heavy atom. The molecular formula is C17H23NO2. The smallest absolute Gasteiger partial charge is 0.125 e. The molecule has 3 nitrogen and oxygen atoms in total. The predicted octanol–water partition coefficient (Wildman–Crippen LogP) is 3.99. The lowest BCUT2D eigenvalue weighted by Gasteiger charge is -2.18. The average Bonchev–Trinajstić information content (AvgIpc) is 2.87. The topological polar surface area (TPSA) is 34.4 Å². The van der Waals surface area contributed by atoms with Crippen LogP contribution in [0.3, 0.4) is 0 Å². The Morgan fingerprint density at radius 1 is 1.20 bits per heavy atom. The maximum Gasteiger partial charge on any atom is 0.125 e. The summed E-state index contributed by atoms with van der Waals surface area (Å²) in [5.74, 6) is 2.79. The number of hydrogen-bond donors (Lipinski definition) is 1. The van der Waals surface area contributed by atoms with Gasteiger partial charge in [0.2, 0.25) is 0 Å². The maximum atomic E-state index is 5.80. The van der Waals surface area contributed by atoms with Crippen molar-refractivity contribution < 1.29 is 9.15 Å². The van der Waals surface area contributed by atoms with E-state index < -0.39 is 0 Å². The van der Waals surface area contributed by atoms with Gasteiger partial charge in [0.1, 0.15) is 17.3 Å². The van der Waals surface area contributed by atoms with E-state index in [1.165, 1.54) is 0 Å². The molecule has 1 heterocycles. The third-order valence-electron chi connectivity index (χ3n) is 3.41. The van der Waals surface area contributed by atoms with E-state index in [9.17, 15) is 0 Å². The van der Waals surface area contributed by atoms with Crippen molar-refractivity contribution in [3.63, 3.8) is 0 Å². The predicted molar refractivity (Wildman–Crippen MR) is 81.3 cm³/mol. The molecule has 1 unspecified atom stereocenters. The van der Waals surface area contributed by atoms with Crippen LogP contribution in [0.4, 0.5) is 0 Å². The lowest BCUT2D eigenvalue weighted by Crippen LogP contribution is -2.22. The molecule has 0 aliphatic rings. The third kappa shape index (κ3) is 3.23. The molecule has 1 aromatic carbocycles. The number of hydrogen-bond acceptors (Lipinski definition) is 3. The van der Waals surface area contributed by atoms with Crippen molar-refractivity contribution in [1.29, 1.82) is 0 Å². The minimum absolute atomic E-state index is 0.0677. The van der Waals surface area contributed by atoms with E-state index in [2.05, 4.69) is 30.4 Å². The summed E-state index contributed by atoms with van der Waals surface area (Å²) in [5.41, 5.74) is 2.30. The summed E-state index contributed by atoms with van der Waals surface area (Å²) in [5, 5.41) is 3.54. The van der Waals surface area contributed by atoms with Crippen LogP contribution in [0.5, 0.6) is 5.75 Å². The van der Waals surface area contributed by atoms with Crippen molar-refractivity contribution in [1.82, 2.24) is 5.32 Å². The Morgan fingerprint density at radius 2 is 2.00 bits per heavy atom. The molecule has 2 rings (SSSR count). The van der Waals surface area contributed by atoms with Crippen LogP contribution in [0.25, 0.3) is 0 Å². The van der Waals surface area contributed by atoms with Gasteiger partial charge >= 0.3 is 0 Å². The third-order valence-corrected chi connectivity index (χ3v) is 3.41. The number of nitrogens with one attached hydrogen (secondary N) is 1. The zero-order valence-corrected chi connectivity index (χ0v) is 12.7. The van der Waals surface area contributed by atoms with Crippen LogP contribution >= 0.6 is 0 Å². The van der Waals surface area contributed by atoms with Crippen LogP contribution in [-0.2, 0) is 0 Å². The Balaban J connectivity index is 2.35. The van der Waals surface area contributed by atoms with Gasteiger partial charge in [0.05, 0.1) is 13.2 Å². The summed E-state index contributed by atoms with van der Waals surface area (Å²) in [7, 11) is 1.71. The summed E-state index contributed by atoms with van der Waals surface area (Å²) in [4.78, 5) is 0. The molecule has 0 radical (unpaired) electrons. The first kappa shape index (κ1) is 14.7. The van der Waals surface area contributed by atoms with Crippen molar-refractivity contribution in [3.05, 3.63) is 53.0 Å². The van der Waals surface area contributed by atoms with E-state index in [1.807, 2.05) is 26.0 Å². The fraction of sp³-hybridized carbons (Fsp3) is 0.412. The van der Waals surface area contributed by atoms with Gasteiger partial charge < -0.3 is 14.5 Å². The molecule has 20 heavy (non-hydrogen) atoms. The zero-order chi connectivity index (χ0) is 14.5. The molecule has 0 fully saturated rings. The van der Waals surface area contributed by atoms with Crippen LogP contribution in [0, 0.1) is 13.8 Å². The van der Waals surface area contributed by atoms with Crippen LogP contribution < -0.4 is 10.1 Å². The van der Waals surface area contributed by atoms with Crippen molar-refractivity contribution in [2.24, 2.45) is 0 Å². The van der Waals surface area contributed by atoms with Gasteiger partial charge in [-0.2, -0.15) is 0 Å². The summed E-state index contributed by atoms with van der Waals surface area (Å²) in [6, 6.07) is 10.4. The van der Waals surface area contributed by atoms with E-state index in [0.29, 0.717) is 0 Å². The quantitative estimate of drug-likeness (QED) is 0.864. The minimum Gasteiger partial charge on any atom is -0.496 e. The maximum absolute atomic E-state index is 5.80. The van der Waals surface area contributed by atoms with Crippen molar-refractivity contribution in [3.8, 4) is 5.75 Å². The normalized spacial score (nSPS) is 12.4. The molecule has 0 spiro atoms. The Kier molecular flexibility index (Phi) is 4.85. The second-order valence-corrected chi connectivity index (χ2v) is 5.06. The van der Waals surface area contributed by atoms with Crippen molar-refractivity contribution in [2.45, 2.75) is 33.2 Å². The highest BCUT2D eigenvalue weighted by Gasteiger charge is 2.17. The van der Waals surface area contributed by atoms with E-state index in [0.717, 1.165) is 41.4 Å². The SMILES string of the molecule is CCCNC(c1ccc(C)c(OC)c1)c1ccc(C)o1. The number of benzene rings is 1. The van der Waals surface area contributed by atoms with Gasteiger partial charge in [-0.15, -0.1) is 0 Å². The van der Waals surface area contributed by atoms with Gasteiger partial charge in [0, 0.05) is 0 Å². The average molecular weight is 273 g/mol. The molecule has 0 saturated carbocycles. The van der Waals surface area contributed by atoms with E-state index in [-0.39, 0.29) is 6.04 Å². The Hall–Kier alpha value is -1.74. The standard InChI is InChI=1S/C17H23NO2/c1-5-10-18-17(15-9-7-13(3)20-15)14-8-6-12(2)16(11-14)19-4/h6-9,11,17-18H,5,10H2,1-4H3. The second-order valence-electron chi connectivity index (χ2n) is 5.06. The fourth-order valence-electron chi connectivity index (χ4n) is 2.30. The summed E-state index contributed by atoms with van der Waals surface area (Å²) in [6.45, 7) is 7.12. The number of methoxy groups -OCH3 is 1. The fourth-order valence-corrected chi connectivity index (χ4v) is 2.30. The zero-order valence-electron chi connectivity index (χ0n) is 12.7. The number of ether oxygens (including phenoxy) is 1. The molecule has 3 heteroatoms. The summed E-state index contributed by atoms with van der Waals surface area (Å²) in [6.07, 6.45) is 1.08. The molecule has 0 amide bonds. The molecule has 1 atom stereocenters. The highest BCUT2D eigenvalue weighted by atomic mass is 16.5. The van der Waals surface area contributed by atoms with E-state index >= 15 is 0 Å². The molecular weight excluding hydrogens is 250 g/mol. The van der Waals surface area contributed by atoms with Crippen molar-refractivity contribution in [2.75, 3.05) is 13.7 Å². The second kappa shape index (κ2) is 6.62. The largest absolute Gasteiger partial charge is 0.496 e. The lowest BCUT2D eigenvalue weighted by atomic mass is 10.0. The molecule has 0 aliphatic heterocycles. The van der Waals surface area contributed by atoms with Gasteiger partial charge in [0.25, 0.3) is 0 Å². The Labute approximate surface area is 121 Å². The lowest BCUT2D eigenvalue weighted by molar-refractivity contribution is 0.407. The first-order valence-electron chi connectivity index (χ1n) is 7.10. The molecule has 0 saturated heterocycles. The molecule has 1 aromatic heterocycles. The van der Waals surface area contributed by atoms with Gasteiger partial charge in [-0.3, -0.25) is 0 Å². The molecule has 2 aromatic rings. The highest BCUT2D eigenvalue weighted by Crippen LogP contribution is 2.28. The van der Waals surface area contributed by atoms with E-state index in [1.54, 1.807) is 7.11 Å². The number of aryl methyl sites for hydroxylation is 2. The molecule has 1 N–H and O–H groups in total. The van der Waals surface area contributed by atoms with Crippen LogP contribution in [-0.4, -0.2) is 13.7 Å². The monoisotopic (exact) mass is 273 g/mol. The Bertz CT molecular complexity index is 560. The van der Waals surface area contributed by atoms with E-state index in [4.69, 9.17) is 9.15 Å². The molecule has 0 bridgehead atoms. The summed E-state index contributed by atoms with van der Waals surface area (Å²) < 4.78 is 11.2. The number of rotatable bonds is 6. The van der Waals surface area contributed by atoms with Gasteiger partial charge in [-0.05, 0) is 56.1 Å². The van der Waals surface area contributed by atoms with Crippen molar-refractivity contribution >= 4 is 0 Å². The number of furan rings is 1. The first-order chi connectivity index (χ1) is 9.65.